The van der Waals surface area contributed by atoms with Gasteiger partial charge in [0.15, 0.2) is 0 Å². The van der Waals surface area contributed by atoms with Crippen molar-refractivity contribution in [1.29, 1.82) is 0 Å². The van der Waals surface area contributed by atoms with Crippen LogP contribution in [0.3, 0.4) is 0 Å². The van der Waals surface area contributed by atoms with Gasteiger partial charge in [0.1, 0.15) is 0 Å². The number of hydrogen-bond donors (Lipinski definition) is 1. The van der Waals surface area contributed by atoms with Crippen molar-refractivity contribution in [2.75, 3.05) is 6.54 Å². The van der Waals surface area contributed by atoms with E-state index >= 15 is 0 Å². The zero-order valence-electron chi connectivity index (χ0n) is 11.3. The summed E-state index contributed by atoms with van der Waals surface area (Å²) in [6, 6.07) is 0.314. The molecule has 4 heteroatoms. The first-order chi connectivity index (χ1) is 8.36. The van der Waals surface area contributed by atoms with E-state index < -0.39 is 12.1 Å². The molecule has 0 aromatic heterocycles. The molecule has 0 aromatic rings. The largest absolute Gasteiger partial charge is 0.393 e. The predicted molar refractivity (Wildman–Crippen MR) is 66.2 cm³/mol. The fourth-order valence-electron chi connectivity index (χ4n) is 3.90. The van der Waals surface area contributed by atoms with Crippen LogP contribution in [0, 0.1) is 23.7 Å². The summed E-state index contributed by atoms with van der Waals surface area (Å²) in [4.78, 5) is 0. The van der Waals surface area contributed by atoms with Crippen LogP contribution in [-0.4, -0.2) is 18.8 Å². The van der Waals surface area contributed by atoms with E-state index in [0.29, 0.717) is 24.8 Å². The number of halogens is 3. The molecule has 0 bridgehead atoms. The van der Waals surface area contributed by atoms with Gasteiger partial charge in [0.25, 0.3) is 0 Å². The van der Waals surface area contributed by atoms with Crippen LogP contribution in [0.4, 0.5) is 13.2 Å². The average molecular weight is 263 g/mol. The molecule has 1 nitrogen and oxygen atoms in total. The van der Waals surface area contributed by atoms with Crippen molar-refractivity contribution in [3.05, 3.63) is 0 Å². The summed E-state index contributed by atoms with van der Waals surface area (Å²) in [5, 5.41) is 3.17. The number of rotatable bonds is 1. The number of piperidine rings is 1. The van der Waals surface area contributed by atoms with E-state index in [2.05, 4.69) is 19.2 Å². The van der Waals surface area contributed by atoms with E-state index in [1.54, 1.807) is 0 Å². The Hall–Kier alpha value is -0.250. The summed E-state index contributed by atoms with van der Waals surface area (Å²) in [7, 11) is 0. The van der Waals surface area contributed by atoms with Crippen molar-refractivity contribution < 1.29 is 13.2 Å². The minimum Gasteiger partial charge on any atom is -0.313 e. The van der Waals surface area contributed by atoms with Gasteiger partial charge in [0.05, 0.1) is 5.92 Å². The maximum atomic E-state index is 12.6. The monoisotopic (exact) mass is 263 g/mol. The van der Waals surface area contributed by atoms with Crippen LogP contribution in [-0.2, 0) is 0 Å². The van der Waals surface area contributed by atoms with E-state index in [-0.39, 0.29) is 6.54 Å². The Balaban J connectivity index is 1.86. The average Bonchev–Trinajstić information content (AvgIpc) is 2.27. The van der Waals surface area contributed by atoms with Gasteiger partial charge in [-0.05, 0) is 49.9 Å². The van der Waals surface area contributed by atoms with Crippen molar-refractivity contribution in [3.8, 4) is 0 Å². The van der Waals surface area contributed by atoms with Crippen molar-refractivity contribution in [3.63, 3.8) is 0 Å². The van der Waals surface area contributed by atoms with Gasteiger partial charge in [-0.2, -0.15) is 13.2 Å². The molecule has 4 atom stereocenters. The number of alkyl halides is 3. The Bertz CT molecular complexity index is 259. The Kier molecular flexibility index (Phi) is 4.25. The summed E-state index contributed by atoms with van der Waals surface area (Å²) in [5.74, 6) is 0.895. The van der Waals surface area contributed by atoms with Crippen molar-refractivity contribution in [2.24, 2.45) is 23.7 Å². The lowest BCUT2D eigenvalue weighted by molar-refractivity contribution is -0.180. The van der Waals surface area contributed by atoms with Gasteiger partial charge in [-0.3, -0.25) is 0 Å². The molecule has 1 N–H and O–H groups in total. The van der Waals surface area contributed by atoms with Gasteiger partial charge in [0.2, 0.25) is 0 Å². The minimum atomic E-state index is -4.02. The molecule has 1 aliphatic carbocycles. The summed E-state index contributed by atoms with van der Waals surface area (Å²) < 4.78 is 37.8. The molecule has 18 heavy (non-hydrogen) atoms. The van der Waals surface area contributed by atoms with Crippen LogP contribution in [0.15, 0.2) is 0 Å². The van der Waals surface area contributed by atoms with Gasteiger partial charge in [0, 0.05) is 12.6 Å². The molecule has 1 aliphatic heterocycles. The minimum absolute atomic E-state index is 0.118. The van der Waals surface area contributed by atoms with E-state index in [4.69, 9.17) is 0 Å². The second-order valence-corrected chi connectivity index (χ2v) is 6.51. The summed E-state index contributed by atoms with van der Waals surface area (Å²) in [5.41, 5.74) is 0. The quantitative estimate of drug-likeness (QED) is 0.754. The first-order valence-corrected chi connectivity index (χ1v) is 7.16. The van der Waals surface area contributed by atoms with Crippen molar-refractivity contribution in [1.82, 2.24) is 5.32 Å². The van der Waals surface area contributed by atoms with E-state index in [1.165, 1.54) is 19.3 Å². The maximum absolute atomic E-state index is 12.6. The Morgan fingerprint density at radius 2 is 1.56 bits per heavy atom. The lowest BCUT2D eigenvalue weighted by Crippen LogP contribution is -2.48. The summed E-state index contributed by atoms with van der Waals surface area (Å²) in [6.07, 6.45) is 0.603. The highest BCUT2D eigenvalue weighted by molar-refractivity contribution is 4.89. The third kappa shape index (κ3) is 3.40. The second-order valence-electron chi connectivity index (χ2n) is 6.51. The van der Waals surface area contributed by atoms with Crippen LogP contribution < -0.4 is 5.32 Å². The van der Waals surface area contributed by atoms with Crippen LogP contribution in [0.2, 0.25) is 0 Å². The molecule has 0 amide bonds. The zero-order chi connectivity index (χ0) is 13.3. The molecule has 0 aromatic carbocycles. The molecule has 2 aliphatic rings. The normalized spacial score (nSPS) is 42.8. The zero-order valence-corrected chi connectivity index (χ0v) is 11.3. The highest BCUT2D eigenvalue weighted by Gasteiger charge is 2.43. The van der Waals surface area contributed by atoms with E-state index in [0.717, 1.165) is 11.8 Å². The molecule has 4 unspecified atom stereocenters. The molecule has 106 valence electrons. The molecule has 0 spiro atoms. The molecule has 1 heterocycles. The smallest absolute Gasteiger partial charge is 0.313 e. The first kappa shape index (κ1) is 14.2. The standard InChI is InChI=1S/C14H24F3N/c1-9-5-10(2)7-11(6-9)13-4-3-12(8-18-13)14(15,16)17/h9-13,18H,3-8H2,1-2H3. The number of hydrogen-bond acceptors (Lipinski definition) is 1. The predicted octanol–water partition coefficient (Wildman–Crippen LogP) is 3.99. The maximum Gasteiger partial charge on any atom is 0.393 e. The highest BCUT2D eigenvalue weighted by Crippen LogP contribution is 2.39. The highest BCUT2D eigenvalue weighted by atomic mass is 19.4. The molecule has 2 fully saturated rings. The van der Waals surface area contributed by atoms with Crippen LogP contribution >= 0.6 is 0 Å². The number of nitrogens with one attached hydrogen (secondary N) is 1. The van der Waals surface area contributed by atoms with Crippen molar-refractivity contribution >= 4 is 0 Å². The molecule has 1 saturated carbocycles. The molecular weight excluding hydrogens is 239 g/mol. The Morgan fingerprint density at radius 1 is 0.944 bits per heavy atom. The SMILES string of the molecule is CC1CC(C)CC(C2CCC(C(F)(F)F)CN2)C1. The second kappa shape index (κ2) is 5.40. The van der Waals surface area contributed by atoms with Crippen molar-refractivity contribution in [2.45, 2.75) is 58.2 Å². The fourth-order valence-corrected chi connectivity index (χ4v) is 3.90. The van der Waals surface area contributed by atoms with Gasteiger partial charge < -0.3 is 5.32 Å². The third-order valence-electron chi connectivity index (χ3n) is 4.70. The fraction of sp³-hybridized carbons (Fsp3) is 1.00. The molecule has 2 rings (SSSR count). The van der Waals surface area contributed by atoms with Crippen LogP contribution in [0.1, 0.15) is 46.0 Å². The van der Waals surface area contributed by atoms with Gasteiger partial charge >= 0.3 is 6.18 Å². The topological polar surface area (TPSA) is 12.0 Å². The Morgan fingerprint density at radius 3 is 2.00 bits per heavy atom. The van der Waals surface area contributed by atoms with E-state index in [1.807, 2.05) is 0 Å². The van der Waals surface area contributed by atoms with Crippen LogP contribution in [0.5, 0.6) is 0 Å². The summed E-state index contributed by atoms with van der Waals surface area (Å²) in [6.45, 7) is 4.65. The first-order valence-electron chi connectivity index (χ1n) is 7.16. The van der Waals surface area contributed by atoms with Gasteiger partial charge in [-0.1, -0.05) is 13.8 Å². The van der Waals surface area contributed by atoms with Gasteiger partial charge in [-0.25, -0.2) is 0 Å². The molecule has 1 saturated heterocycles. The van der Waals surface area contributed by atoms with Gasteiger partial charge in [-0.15, -0.1) is 0 Å². The molecule has 0 radical (unpaired) electrons. The van der Waals surface area contributed by atoms with E-state index in [9.17, 15) is 13.2 Å². The lowest BCUT2D eigenvalue weighted by Gasteiger charge is -2.40. The summed E-state index contributed by atoms with van der Waals surface area (Å²) >= 11 is 0. The third-order valence-corrected chi connectivity index (χ3v) is 4.70. The Labute approximate surface area is 108 Å². The van der Waals surface area contributed by atoms with Crippen LogP contribution in [0.25, 0.3) is 0 Å². The molecular formula is C14H24F3N. The lowest BCUT2D eigenvalue weighted by atomic mass is 9.72.